The fourth-order valence-electron chi connectivity index (χ4n) is 2.34. The monoisotopic (exact) mass is 235 g/mol. The van der Waals surface area contributed by atoms with Crippen molar-refractivity contribution < 1.29 is 4.79 Å². The van der Waals surface area contributed by atoms with Gasteiger partial charge in [-0.3, -0.25) is 9.48 Å². The van der Waals surface area contributed by atoms with Crippen molar-refractivity contribution in [2.24, 2.45) is 5.92 Å². The van der Waals surface area contributed by atoms with Gasteiger partial charge in [0, 0.05) is 12.2 Å². The zero-order chi connectivity index (χ0) is 12.4. The van der Waals surface area contributed by atoms with E-state index in [9.17, 15) is 4.79 Å². The number of hydrogen-bond donors (Lipinski definition) is 1. The molecule has 17 heavy (non-hydrogen) atoms. The average Bonchev–Trinajstić information content (AvgIpc) is 2.57. The molecule has 0 bridgehead atoms. The van der Waals surface area contributed by atoms with Crippen molar-refractivity contribution in [1.82, 2.24) is 15.1 Å². The van der Waals surface area contributed by atoms with Crippen LogP contribution in [0.4, 0.5) is 0 Å². The SMILES string of the molecule is CC1CCc2nn(CC(=O)NC(C)C)cc2C1. The second-order valence-electron chi connectivity index (χ2n) is 5.37. The van der Waals surface area contributed by atoms with Crippen LogP contribution < -0.4 is 5.32 Å². The average molecular weight is 235 g/mol. The Balaban J connectivity index is 2.01. The zero-order valence-corrected chi connectivity index (χ0v) is 10.9. The highest BCUT2D eigenvalue weighted by atomic mass is 16.2. The van der Waals surface area contributed by atoms with Gasteiger partial charge in [-0.05, 0) is 44.6 Å². The van der Waals surface area contributed by atoms with E-state index in [0.717, 1.165) is 18.8 Å². The van der Waals surface area contributed by atoms with Crippen LogP contribution in [0.1, 0.15) is 38.4 Å². The molecule has 4 nitrogen and oxygen atoms in total. The smallest absolute Gasteiger partial charge is 0.241 e. The molecule has 4 heteroatoms. The summed E-state index contributed by atoms with van der Waals surface area (Å²) in [5, 5.41) is 7.37. The third-order valence-corrected chi connectivity index (χ3v) is 3.12. The van der Waals surface area contributed by atoms with Crippen molar-refractivity contribution in [3.8, 4) is 0 Å². The Morgan fingerprint density at radius 2 is 2.41 bits per heavy atom. The Bertz CT molecular complexity index is 409. The minimum absolute atomic E-state index is 0.0351. The second-order valence-corrected chi connectivity index (χ2v) is 5.37. The molecular formula is C13H21N3O. The summed E-state index contributed by atoms with van der Waals surface area (Å²) >= 11 is 0. The number of rotatable bonds is 3. The number of carbonyl (C=O) groups is 1. The molecule has 0 fully saturated rings. The van der Waals surface area contributed by atoms with Gasteiger partial charge in [-0.15, -0.1) is 0 Å². The van der Waals surface area contributed by atoms with Crippen molar-refractivity contribution in [2.75, 3.05) is 0 Å². The Morgan fingerprint density at radius 1 is 1.65 bits per heavy atom. The highest BCUT2D eigenvalue weighted by Crippen LogP contribution is 2.23. The third-order valence-electron chi connectivity index (χ3n) is 3.12. The highest BCUT2D eigenvalue weighted by molar-refractivity contribution is 5.75. The van der Waals surface area contributed by atoms with Crippen LogP contribution in [-0.2, 0) is 24.2 Å². The number of fused-ring (bicyclic) bond motifs is 1. The number of hydrogen-bond acceptors (Lipinski definition) is 2. The molecule has 1 aromatic heterocycles. The van der Waals surface area contributed by atoms with Gasteiger partial charge in [-0.1, -0.05) is 6.92 Å². The Morgan fingerprint density at radius 3 is 3.12 bits per heavy atom. The van der Waals surface area contributed by atoms with E-state index >= 15 is 0 Å². The molecular weight excluding hydrogens is 214 g/mol. The molecule has 0 aliphatic heterocycles. The Kier molecular flexibility index (Phi) is 3.50. The van der Waals surface area contributed by atoms with E-state index in [1.54, 1.807) is 4.68 Å². The van der Waals surface area contributed by atoms with Crippen LogP contribution in [0.25, 0.3) is 0 Å². The lowest BCUT2D eigenvalue weighted by atomic mass is 9.89. The maximum absolute atomic E-state index is 11.6. The first-order valence-electron chi connectivity index (χ1n) is 6.39. The van der Waals surface area contributed by atoms with Crippen molar-refractivity contribution in [1.29, 1.82) is 0 Å². The van der Waals surface area contributed by atoms with Gasteiger partial charge in [0.05, 0.1) is 5.69 Å². The summed E-state index contributed by atoms with van der Waals surface area (Å²) in [6.45, 7) is 6.53. The number of nitrogens with one attached hydrogen (secondary N) is 1. The maximum atomic E-state index is 11.6. The molecule has 2 rings (SSSR count). The lowest BCUT2D eigenvalue weighted by molar-refractivity contribution is -0.122. The molecule has 0 radical (unpaired) electrons. The van der Waals surface area contributed by atoms with E-state index in [0.29, 0.717) is 6.54 Å². The van der Waals surface area contributed by atoms with Crippen LogP contribution in [0.3, 0.4) is 0 Å². The van der Waals surface area contributed by atoms with Crippen LogP contribution in [0.2, 0.25) is 0 Å². The van der Waals surface area contributed by atoms with Crippen LogP contribution in [0, 0.1) is 5.92 Å². The zero-order valence-electron chi connectivity index (χ0n) is 10.9. The molecule has 94 valence electrons. The summed E-state index contributed by atoms with van der Waals surface area (Å²) in [7, 11) is 0. The van der Waals surface area contributed by atoms with Crippen LogP contribution in [0.5, 0.6) is 0 Å². The Labute approximate surface area is 102 Å². The number of carbonyl (C=O) groups excluding carboxylic acids is 1. The molecule has 1 heterocycles. The summed E-state index contributed by atoms with van der Waals surface area (Å²) in [5.74, 6) is 0.775. The van der Waals surface area contributed by atoms with E-state index in [2.05, 4.69) is 17.3 Å². The molecule has 1 unspecified atom stereocenters. The summed E-state index contributed by atoms with van der Waals surface area (Å²) in [6, 6.07) is 0.188. The molecule has 1 atom stereocenters. The van der Waals surface area contributed by atoms with E-state index in [1.807, 2.05) is 20.0 Å². The highest BCUT2D eigenvalue weighted by Gasteiger charge is 2.19. The molecule has 1 amide bonds. The van der Waals surface area contributed by atoms with Crippen molar-refractivity contribution in [3.63, 3.8) is 0 Å². The fourth-order valence-corrected chi connectivity index (χ4v) is 2.34. The Hall–Kier alpha value is -1.32. The molecule has 1 aromatic rings. The molecule has 0 spiro atoms. The molecule has 1 aliphatic carbocycles. The van der Waals surface area contributed by atoms with Gasteiger partial charge in [0.15, 0.2) is 0 Å². The van der Waals surface area contributed by atoms with E-state index in [1.165, 1.54) is 17.7 Å². The van der Waals surface area contributed by atoms with Gasteiger partial charge in [-0.25, -0.2) is 0 Å². The normalized spacial score (nSPS) is 19.2. The van der Waals surface area contributed by atoms with E-state index < -0.39 is 0 Å². The van der Waals surface area contributed by atoms with Gasteiger partial charge in [0.25, 0.3) is 0 Å². The first-order chi connectivity index (χ1) is 8.04. The number of aromatic nitrogens is 2. The standard InChI is InChI=1S/C13H21N3O/c1-9(2)14-13(17)8-16-7-11-6-10(3)4-5-12(11)15-16/h7,9-10H,4-6,8H2,1-3H3,(H,14,17). The van der Waals surface area contributed by atoms with Crippen LogP contribution in [-0.4, -0.2) is 21.7 Å². The predicted molar refractivity (Wildman–Crippen MR) is 66.7 cm³/mol. The second kappa shape index (κ2) is 4.90. The molecule has 0 aromatic carbocycles. The maximum Gasteiger partial charge on any atom is 0.241 e. The van der Waals surface area contributed by atoms with Gasteiger partial charge in [-0.2, -0.15) is 5.10 Å². The van der Waals surface area contributed by atoms with Gasteiger partial charge < -0.3 is 5.32 Å². The number of aryl methyl sites for hydroxylation is 1. The van der Waals surface area contributed by atoms with Gasteiger partial charge in [0.2, 0.25) is 5.91 Å². The van der Waals surface area contributed by atoms with E-state index in [4.69, 9.17) is 0 Å². The quantitative estimate of drug-likeness (QED) is 0.863. The van der Waals surface area contributed by atoms with Crippen LogP contribution >= 0.6 is 0 Å². The van der Waals surface area contributed by atoms with Crippen molar-refractivity contribution >= 4 is 5.91 Å². The summed E-state index contributed by atoms with van der Waals surface area (Å²) in [4.78, 5) is 11.6. The third kappa shape index (κ3) is 3.08. The molecule has 0 saturated heterocycles. The first kappa shape index (κ1) is 12.1. The summed E-state index contributed by atoms with van der Waals surface area (Å²) in [6.07, 6.45) is 5.39. The number of amides is 1. The lowest BCUT2D eigenvalue weighted by Crippen LogP contribution is -2.33. The summed E-state index contributed by atoms with van der Waals surface area (Å²) in [5.41, 5.74) is 2.50. The minimum Gasteiger partial charge on any atom is -0.352 e. The first-order valence-corrected chi connectivity index (χ1v) is 6.39. The van der Waals surface area contributed by atoms with Crippen LogP contribution in [0.15, 0.2) is 6.20 Å². The van der Waals surface area contributed by atoms with Gasteiger partial charge in [0.1, 0.15) is 6.54 Å². The topological polar surface area (TPSA) is 46.9 Å². The molecule has 0 saturated carbocycles. The molecule has 1 aliphatic rings. The largest absolute Gasteiger partial charge is 0.352 e. The van der Waals surface area contributed by atoms with E-state index in [-0.39, 0.29) is 11.9 Å². The number of nitrogens with zero attached hydrogens (tertiary/aromatic N) is 2. The van der Waals surface area contributed by atoms with Crippen molar-refractivity contribution in [3.05, 3.63) is 17.5 Å². The van der Waals surface area contributed by atoms with Gasteiger partial charge >= 0.3 is 0 Å². The summed E-state index contributed by atoms with van der Waals surface area (Å²) < 4.78 is 1.78. The fraction of sp³-hybridized carbons (Fsp3) is 0.692. The molecule has 1 N–H and O–H groups in total. The predicted octanol–water partition coefficient (Wildman–Crippen LogP) is 1.53. The van der Waals surface area contributed by atoms with Crippen molar-refractivity contribution in [2.45, 2.75) is 52.6 Å². The lowest BCUT2D eigenvalue weighted by Gasteiger charge is -2.15. The minimum atomic E-state index is 0.0351.